The first kappa shape index (κ1) is 15.8. The Bertz CT molecular complexity index is 621. The molecule has 0 radical (unpaired) electrons. The molecule has 0 saturated carbocycles. The SMILES string of the molecule is CCC(C#N)S(=O)(=O)Nc1ccccc1OCC(=O)O. The van der Waals surface area contributed by atoms with Crippen molar-refractivity contribution in [1.29, 1.82) is 5.26 Å². The second-order valence-corrected chi connectivity index (χ2v) is 5.71. The van der Waals surface area contributed by atoms with Crippen LogP contribution in [-0.4, -0.2) is 31.4 Å². The van der Waals surface area contributed by atoms with Gasteiger partial charge in [0.1, 0.15) is 5.75 Å². The molecule has 20 heavy (non-hydrogen) atoms. The van der Waals surface area contributed by atoms with E-state index in [9.17, 15) is 13.2 Å². The molecule has 1 aromatic rings. The first-order chi connectivity index (χ1) is 9.40. The van der Waals surface area contributed by atoms with E-state index < -0.39 is 27.8 Å². The maximum absolute atomic E-state index is 11.9. The topological polar surface area (TPSA) is 116 Å². The quantitative estimate of drug-likeness (QED) is 0.781. The zero-order valence-electron chi connectivity index (χ0n) is 10.7. The average Bonchev–Trinajstić information content (AvgIpc) is 2.38. The predicted molar refractivity (Wildman–Crippen MR) is 71.8 cm³/mol. The number of hydrogen-bond acceptors (Lipinski definition) is 5. The molecule has 0 fully saturated rings. The maximum Gasteiger partial charge on any atom is 0.341 e. The highest BCUT2D eigenvalue weighted by atomic mass is 32.2. The highest BCUT2D eigenvalue weighted by Crippen LogP contribution is 2.25. The fourth-order valence-electron chi connectivity index (χ4n) is 1.42. The monoisotopic (exact) mass is 298 g/mol. The third-order valence-electron chi connectivity index (χ3n) is 2.38. The molecule has 1 rings (SSSR count). The molecule has 0 spiro atoms. The van der Waals surface area contributed by atoms with E-state index in [-0.39, 0.29) is 17.9 Å². The van der Waals surface area contributed by atoms with Gasteiger partial charge >= 0.3 is 5.97 Å². The number of para-hydroxylation sites is 2. The van der Waals surface area contributed by atoms with Crippen LogP contribution in [0, 0.1) is 11.3 Å². The van der Waals surface area contributed by atoms with Crippen LogP contribution in [-0.2, 0) is 14.8 Å². The zero-order chi connectivity index (χ0) is 15.2. The normalized spacial score (nSPS) is 12.2. The smallest absolute Gasteiger partial charge is 0.341 e. The van der Waals surface area contributed by atoms with Crippen molar-refractivity contribution in [2.45, 2.75) is 18.6 Å². The van der Waals surface area contributed by atoms with Crippen molar-refractivity contribution >= 4 is 21.7 Å². The van der Waals surface area contributed by atoms with Crippen LogP contribution in [0.25, 0.3) is 0 Å². The molecule has 0 aliphatic rings. The van der Waals surface area contributed by atoms with Crippen LogP contribution < -0.4 is 9.46 Å². The number of benzene rings is 1. The van der Waals surface area contributed by atoms with Gasteiger partial charge in [-0.2, -0.15) is 5.26 Å². The van der Waals surface area contributed by atoms with Crippen LogP contribution in [0.4, 0.5) is 5.69 Å². The van der Waals surface area contributed by atoms with E-state index in [0.29, 0.717) is 0 Å². The molecule has 0 amide bonds. The summed E-state index contributed by atoms with van der Waals surface area (Å²) in [6.45, 7) is 0.994. The lowest BCUT2D eigenvalue weighted by molar-refractivity contribution is -0.139. The second-order valence-electron chi connectivity index (χ2n) is 3.85. The molecule has 8 heteroatoms. The van der Waals surface area contributed by atoms with Crippen LogP contribution in [0.1, 0.15) is 13.3 Å². The standard InChI is InChI=1S/C12H14N2O5S/c1-2-9(7-13)20(17,18)14-10-5-3-4-6-11(10)19-8-12(15)16/h3-6,9,14H,2,8H2,1H3,(H,15,16). The Balaban J connectivity index is 2.98. The number of carboxylic acid groups (broad SMARTS) is 1. The fourth-order valence-corrected chi connectivity index (χ4v) is 2.62. The van der Waals surface area contributed by atoms with E-state index in [0.717, 1.165) is 0 Å². The fraction of sp³-hybridized carbons (Fsp3) is 0.333. The number of nitriles is 1. The van der Waals surface area contributed by atoms with Crippen LogP contribution in [0.2, 0.25) is 0 Å². The summed E-state index contributed by atoms with van der Waals surface area (Å²) in [7, 11) is -3.88. The molecular weight excluding hydrogens is 284 g/mol. The highest BCUT2D eigenvalue weighted by Gasteiger charge is 2.24. The maximum atomic E-state index is 11.9. The van der Waals surface area contributed by atoms with Gasteiger partial charge in [0, 0.05) is 0 Å². The second kappa shape index (κ2) is 6.77. The minimum absolute atomic E-state index is 0.0891. The molecule has 7 nitrogen and oxygen atoms in total. The number of carboxylic acids is 1. The van der Waals surface area contributed by atoms with Crippen molar-refractivity contribution in [3.05, 3.63) is 24.3 Å². The van der Waals surface area contributed by atoms with E-state index in [1.807, 2.05) is 0 Å². The number of rotatable bonds is 7. The van der Waals surface area contributed by atoms with Gasteiger partial charge in [0.2, 0.25) is 10.0 Å². The number of carbonyl (C=O) groups is 1. The van der Waals surface area contributed by atoms with E-state index in [1.54, 1.807) is 25.1 Å². The molecule has 0 aliphatic heterocycles. The lowest BCUT2D eigenvalue weighted by atomic mass is 10.3. The number of ether oxygens (including phenoxy) is 1. The van der Waals surface area contributed by atoms with E-state index >= 15 is 0 Å². The molecule has 0 aromatic heterocycles. The number of nitrogens with one attached hydrogen (secondary N) is 1. The molecule has 0 aliphatic carbocycles. The Morgan fingerprint density at radius 1 is 1.50 bits per heavy atom. The molecule has 108 valence electrons. The Kier molecular flexibility index (Phi) is 5.34. The minimum atomic E-state index is -3.88. The van der Waals surface area contributed by atoms with Crippen molar-refractivity contribution < 1.29 is 23.1 Å². The van der Waals surface area contributed by atoms with Crippen molar-refractivity contribution in [2.24, 2.45) is 0 Å². The third kappa shape index (κ3) is 4.13. The third-order valence-corrected chi connectivity index (χ3v) is 4.07. The molecule has 1 atom stereocenters. The van der Waals surface area contributed by atoms with E-state index in [2.05, 4.69) is 4.72 Å². The van der Waals surface area contributed by atoms with Gasteiger partial charge in [-0.3, -0.25) is 4.72 Å². The van der Waals surface area contributed by atoms with Gasteiger partial charge in [-0.25, -0.2) is 13.2 Å². The number of sulfonamides is 1. The molecule has 0 heterocycles. The Morgan fingerprint density at radius 3 is 2.70 bits per heavy atom. The van der Waals surface area contributed by atoms with E-state index in [4.69, 9.17) is 15.1 Å². The zero-order valence-corrected chi connectivity index (χ0v) is 11.6. The van der Waals surface area contributed by atoms with Gasteiger partial charge < -0.3 is 9.84 Å². The Labute approximate surface area is 116 Å². The predicted octanol–water partition coefficient (Wildman–Crippen LogP) is 1.19. The summed E-state index contributed by atoms with van der Waals surface area (Å²) in [5, 5.41) is 16.2. The largest absolute Gasteiger partial charge is 0.480 e. The first-order valence-electron chi connectivity index (χ1n) is 5.75. The Hall–Kier alpha value is -2.27. The van der Waals surface area contributed by atoms with Crippen LogP contribution in [0.3, 0.4) is 0 Å². The van der Waals surface area contributed by atoms with Gasteiger partial charge in [-0.1, -0.05) is 19.1 Å². The number of aliphatic carboxylic acids is 1. The van der Waals surface area contributed by atoms with Gasteiger partial charge in [0.25, 0.3) is 0 Å². The van der Waals surface area contributed by atoms with Crippen molar-refractivity contribution in [3.8, 4) is 11.8 Å². The van der Waals surface area contributed by atoms with Crippen LogP contribution >= 0.6 is 0 Å². The van der Waals surface area contributed by atoms with Gasteiger partial charge in [-0.05, 0) is 18.6 Å². The molecule has 1 unspecified atom stereocenters. The molecule has 1 aromatic carbocycles. The summed E-state index contributed by atoms with van der Waals surface area (Å²) in [5.74, 6) is -1.09. The Morgan fingerprint density at radius 2 is 2.15 bits per heavy atom. The van der Waals surface area contributed by atoms with Gasteiger partial charge in [0.05, 0.1) is 11.8 Å². The molecule has 2 N–H and O–H groups in total. The lowest BCUT2D eigenvalue weighted by Crippen LogP contribution is -2.26. The van der Waals surface area contributed by atoms with Crippen molar-refractivity contribution in [3.63, 3.8) is 0 Å². The number of anilines is 1. The summed E-state index contributed by atoms with van der Waals surface area (Å²) >= 11 is 0. The lowest BCUT2D eigenvalue weighted by Gasteiger charge is -2.14. The van der Waals surface area contributed by atoms with Crippen molar-refractivity contribution in [1.82, 2.24) is 0 Å². The molecular formula is C12H14N2O5S. The number of hydrogen-bond donors (Lipinski definition) is 2. The summed E-state index contributed by atoms with van der Waals surface area (Å²) in [5.41, 5.74) is 0.0995. The molecule has 0 saturated heterocycles. The number of nitrogens with zero attached hydrogens (tertiary/aromatic N) is 1. The van der Waals surface area contributed by atoms with Crippen LogP contribution in [0.5, 0.6) is 5.75 Å². The van der Waals surface area contributed by atoms with E-state index in [1.165, 1.54) is 12.1 Å². The average molecular weight is 298 g/mol. The summed E-state index contributed by atoms with van der Waals surface area (Å²) in [6, 6.07) is 7.71. The highest BCUT2D eigenvalue weighted by molar-refractivity contribution is 7.93. The van der Waals surface area contributed by atoms with Gasteiger partial charge in [-0.15, -0.1) is 0 Å². The van der Waals surface area contributed by atoms with Crippen LogP contribution in [0.15, 0.2) is 24.3 Å². The van der Waals surface area contributed by atoms with Gasteiger partial charge in [0.15, 0.2) is 11.9 Å². The minimum Gasteiger partial charge on any atom is -0.480 e. The van der Waals surface area contributed by atoms with Crippen molar-refractivity contribution in [2.75, 3.05) is 11.3 Å². The summed E-state index contributed by atoms with van der Waals surface area (Å²) in [4.78, 5) is 10.5. The first-order valence-corrected chi connectivity index (χ1v) is 7.30. The molecule has 0 bridgehead atoms. The summed E-state index contributed by atoms with van der Waals surface area (Å²) < 4.78 is 31.1. The summed E-state index contributed by atoms with van der Waals surface area (Å²) in [6.07, 6.45) is 0.143.